The van der Waals surface area contributed by atoms with Crippen molar-refractivity contribution in [1.82, 2.24) is 0 Å². The van der Waals surface area contributed by atoms with E-state index in [1.54, 1.807) is 0 Å². The van der Waals surface area contributed by atoms with Gasteiger partial charge < -0.3 is 45.0 Å². The fourth-order valence-corrected chi connectivity index (χ4v) is 3.14. The average molecular weight is 414 g/mol. The van der Waals surface area contributed by atoms with E-state index in [2.05, 4.69) is 0 Å². The van der Waals surface area contributed by atoms with Crippen molar-refractivity contribution in [3.05, 3.63) is 0 Å². The zero-order chi connectivity index (χ0) is 18.9. The van der Waals surface area contributed by atoms with Crippen LogP contribution in [0.4, 0.5) is 0 Å². The molecule has 0 aromatic heterocycles. The van der Waals surface area contributed by atoms with Gasteiger partial charge in [0.05, 0.1) is 17.8 Å². The fraction of sp³-hybridized carbons (Fsp3) is 0.500. The Bertz CT molecular complexity index is 484. The molecule has 1 fully saturated rings. The minimum absolute atomic E-state index is 0. The Labute approximate surface area is 217 Å². The number of carboxylic acids is 6. The minimum Gasteiger partial charge on any atom is -0.550 e. The van der Waals surface area contributed by atoms with Crippen molar-refractivity contribution in [3.8, 4) is 0 Å². The normalized spacial score (nSPS) is 28.9. The number of hydrogen-bond donors (Lipinski definition) is 3. The van der Waals surface area contributed by atoms with Crippen molar-refractivity contribution in [3.63, 3.8) is 0 Å². The number of rotatable bonds is 6. The number of hydrogen-bond acceptors (Lipinski definition) is 9. The van der Waals surface area contributed by atoms with E-state index in [-0.39, 0.29) is 88.7 Å². The number of carboxylic acid groups (broad SMARTS) is 6. The molecule has 0 saturated heterocycles. The van der Waals surface area contributed by atoms with Crippen molar-refractivity contribution in [1.29, 1.82) is 0 Å². The van der Waals surface area contributed by atoms with Gasteiger partial charge in [-0.25, -0.2) is 0 Å². The summed E-state index contributed by atoms with van der Waals surface area (Å²) < 4.78 is 0. The second kappa shape index (κ2) is 12.4. The molecule has 12 nitrogen and oxygen atoms in total. The van der Waals surface area contributed by atoms with Crippen molar-refractivity contribution in [2.24, 2.45) is 35.5 Å². The molecule has 1 aliphatic carbocycles. The molecule has 1 aliphatic rings. The first kappa shape index (κ1) is 31.5. The van der Waals surface area contributed by atoms with Gasteiger partial charge in [-0.3, -0.25) is 14.4 Å². The summed E-state index contributed by atoms with van der Waals surface area (Å²) in [5, 5.41) is 60.8. The van der Waals surface area contributed by atoms with Crippen LogP contribution in [0.3, 0.4) is 0 Å². The van der Waals surface area contributed by atoms with Gasteiger partial charge >= 0.3 is 107 Å². The van der Waals surface area contributed by atoms with Gasteiger partial charge in [0.2, 0.25) is 0 Å². The Hall–Kier alpha value is -0.180. The maximum absolute atomic E-state index is 11.3. The van der Waals surface area contributed by atoms with Gasteiger partial charge in [0, 0.05) is 35.7 Å². The summed E-state index contributed by atoms with van der Waals surface area (Å²) in [6.45, 7) is 0. The summed E-state index contributed by atoms with van der Waals surface area (Å²) in [6.07, 6.45) is 0. The molecule has 0 bridgehead atoms. The number of aliphatic carboxylic acids is 6. The third-order valence-corrected chi connectivity index (χ3v) is 3.99. The van der Waals surface area contributed by atoms with E-state index in [9.17, 15) is 44.1 Å². The largest absolute Gasteiger partial charge is 1.00 e. The van der Waals surface area contributed by atoms with Gasteiger partial charge in [0.1, 0.15) is 0 Å². The number of carbonyl (C=O) groups excluding carboxylic acids is 3. The number of carbonyl (C=O) groups is 6. The second-order valence-corrected chi connectivity index (χ2v) is 5.13. The molecule has 0 aliphatic heterocycles. The predicted molar refractivity (Wildman–Crippen MR) is 58.9 cm³/mol. The molecule has 27 heavy (non-hydrogen) atoms. The van der Waals surface area contributed by atoms with E-state index in [0.29, 0.717) is 0 Å². The van der Waals surface area contributed by atoms with Gasteiger partial charge in [-0.05, 0) is 0 Å². The fourth-order valence-electron chi connectivity index (χ4n) is 3.14. The second-order valence-electron chi connectivity index (χ2n) is 5.13. The summed E-state index contributed by atoms with van der Waals surface area (Å²) >= 11 is 0. The predicted octanol–water partition coefficient (Wildman–Crippen LogP) is -14.8. The zero-order valence-corrected chi connectivity index (χ0v) is 20.5. The van der Waals surface area contributed by atoms with Gasteiger partial charge in [0.15, 0.2) is 0 Å². The van der Waals surface area contributed by atoms with Crippen LogP contribution in [0.2, 0.25) is 0 Å². The van der Waals surface area contributed by atoms with E-state index in [0.717, 1.165) is 0 Å². The molecule has 15 heteroatoms. The van der Waals surface area contributed by atoms with E-state index in [1.165, 1.54) is 0 Å². The standard InChI is InChI=1S/C12H12O12.3Na/c13-7(14)1-2(8(15)16)4(10(19)20)6(12(23)24)5(11(21)22)3(1)9(17)18;;;/h1-6H,(H,13,14)(H,15,16)(H,17,18)(H,19,20)(H,21,22)(H,23,24);;;/q;3*+1/p-3. The summed E-state index contributed by atoms with van der Waals surface area (Å²) in [6, 6.07) is 0. The maximum Gasteiger partial charge on any atom is 1.00 e. The first-order valence-corrected chi connectivity index (χ1v) is 6.24. The Balaban J connectivity index is -0.00000192. The molecule has 3 N–H and O–H groups in total. The smallest absolute Gasteiger partial charge is 0.550 e. The SMILES string of the molecule is O=C([O-])C1C(C(=O)[O-])C(C(=O)O)C(C(=O)O)C(C(=O)O)C1C(=O)[O-].[Na+].[Na+].[Na+]. The van der Waals surface area contributed by atoms with Crippen LogP contribution < -0.4 is 104 Å². The molecule has 0 amide bonds. The summed E-state index contributed by atoms with van der Waals surface area (Å²) in [5.41, 5.74) is 0. The van der Waals surface area contributed by atoms with Crippen LogP contribution >= 0.6 is 0 Å². The maximum atomic E-state index is 11.3. The van der Waals surface area contributed by atoms with Crippen LogP contribution in [0.15, 0.2) is 0 Å². The molecule has 0 aromatic carbocycles. The summed E-state index contributed by atoms with van der Waals surface area (Å²) in [7, 11) is 0. The van der Waals surface area contributed by atoms with Crippen LogP contribution in [0, 0.1) is 35.5 Å². The monoisotopic (exact) mass is 414 g/mol. The van der Waals surface area contributed by atoms with Gasteiger partial charge in [-0.2, -0.15) is 0 Å². The minimum atomic E-state index is -2.67. The Morgan fingerprint density at radius 1 is 0.444 bits per heavy atom. The molecule has 0 aromatic rings. The van der Waals surface area contributed by atoms with Crippen LogP contribution in [0.5, 0.6) is 0 Å². The van der Waals surface area contributed by atoms with Crippen LogP contribution in [0.1, 0.15) is 0 Å². The van der Waals surface area contributed by atoms with Gasteiger partial charge in [-0.1, -0.05) is 0 Å². The van der Waals surface area contributed by atoms with Crippen molar-refractivity contribution >= 4 is 35.8 Å². The molecule has 1 saturated carbocycles. The molecular formula is C12H9Na3O12. The Kier molecular flexibility index (Phi) is 14.5. The quantitative estimate of drug-likeness (QED) is 0.344. The van der Waals surface area contributed by atoms with E-state index in [1.807, 2.05) is 0 Å². The molecule has 0 heterocycles. The molecule has 0 spiro atoms. The van der Waals surface area contributed by atoms with E-state index < -0.39 is 71.3 Å². The van der Waals surface area contributed by atoms with Gasteiger partial charge in [0.25, 0.3) is 0 Å². The van der Waals surface area contributed by atoms with Crippen molar-refractivity contribution in [2.75, 3.05) is 0 Å². The summed E-state index contributed by atoms with van der Waals surface area (Å²) in [5.74, 6) is -29.1. The third-order valence-electron chi connectivity index (χ3n) is 3.99. The van der Waals surface area contributed by atoms with Crippen molar-refractivity contribution < 1.29 is 148 Å². The molecular weight excluding hydrogens is 405 g/mol. The van der Waals surface area contributed by atoms with Crippen LogP contribution in [-0.2, 0) is 28.8 Å². The van der Waals surface area contributed by atoms with Crippen molar-refractivity contribution in [2.45, 2.75) is 0 Å². The summed E-state index contributed by atoms with van der Waals surface area (Å²) in [4.78, 5) is 67.4. The topological polar surface area (TPSA) is 232 Å². The first-order valence-electron chi connectivity index (χ1n) is 6.24. The molecule has 1 rings (SSSR count). The molecule has 4 unspecified atom stereocenters. The van der Waals surface area contributed by atoms with Crippen LogP contribution in [-0.4, -0.2) is 51.1 Å². The first-order chi connectivity index (χ1) is 10.9. The molecule has 4 atom stereocenters. The average Bonchev–Trinajstić information content (AvgIpc) is 2.42. The molecule has 0 radical (unpaired) electrons. The van der Waals surface area contributed by atoms with E-state index in [4.69, 9.17) is 15.3 Å². The zero-order valence-electron chi connectivity index (χ0n) is 14.5. The Morgan fingerprint density at radius 3 is 0.741 bits per heavy atom. The Morgan fingerprint density at radius 2 is 0.593 bits per heavy atom. The van der Waals surface area contributed by atoms with Gasteiger partial charge in [-0.15, -0.1) is 0 Å². The molecule has 132 valence electrons. The van der Waals surface area contributed by atoms with Crippen LogP contribution in [0.25, 0.3) is 0 Å². The third kappa shape index (κ3) is 6.41. The van der Waals surface area contributed by atoms with E-state index >= 15 is 0 Å².